The molecule has 0 amide bonds. The molecule has 0 aromatic heterocycles. The van der Waals surface area contributed by atoms with E-state index in [1.807, 2.05) is 24.3 Å². The first-order valence-electron chi connectivity index (χ1n) is 4.44. The Labute approximate surface area is 77.1 Å². The Morgan fingerprint density at radius 1 is 1.54 bits per heavy atom. The van der Waals surface area contributed by atoms with Crippen molar-refractivity contribution in [1.82, 2.24) is 0 Å². The molecule has 3 N–H and O–H groups in total. The number of hydrogen-bond donors (Lipinski definition) is 2. The van der Waals surface area contributed by atoms with Crippen LogP contribution in [-0.4, -0.2) is 23.9 Å². The highest BCUT2D eigenvalue weighted by Gasteiger charge is 2.27. The molecule has 2 rings (SSSR count). The predicted molar refractivity (Wildman–Crippen MR) is 49.6 cm³/mol. The third-order valence-corrected chi connectivity index (χ3v) is 2.34. The number of nitrogens with two attached hydrogens (primary N) is 1. The normalized spacial score (nSPS) is 22.2. The van der Waals surface area contributed by atoms with Gasteiger partial charge in [-0.25, -0.2) is 0 Å². The van der Waals surface area contributed by atoms with Crippen LogP contribution in [0.1, 0.15) is 5.56 Å². The molecule has 2 atom stereocenters. The summed E-state index contributed by atoms with van der Waals surface area (Å²) in [6.45, 7) is 0.249. The van der Waals surface area contributed by atoms with Crippen molar-refractivity contribution in [2.75, 3.05) is 6.54 Å². The maximum absolute atomic E-state index is 9.48. The number of benzene rings is 1. The lowest BCUT2D eigenvalue weighted by Gasteiger charge is -2.15. The molecule has 1 aliphatic rings. The fraction of sp³-hybridized carbons (Fsp3) is 0.400. The zero-order valence-corrected chi connectivity index (χ0v) is 7.31. The van der Waals surface area contributed by atoms with Crippen LogP contribution in [0.2, 0.25) is 0 Å². The molecule has 1 aliphatic heterocycles. The molecule has 1 heterocycles. The lowest BCUT2D eigenvalue weighted by Crippen LogP contribution is -2.36. The number of aliphatic hydroxyl groups is 1. The van der Waals surface area contributed by atoms with Crippen molar-refractivity contribution in [1.29, 1.82) is 0 Å². The number of fused-ring (bicyclic) bond motifs is 1. The number of para-hydroxylation sites is 1. The highest BCUT2D eigenvalue weighted by atomic mass is 16.5. The van der Waals surface area contributed by atoms with Crippen molar-refractivity contribution in [3.05, 3.63) is 29.8 Å². The molecule has 0 spiro atoms. The Kier molecular flexibility index (Phi) is 2.20. The van der Waals surface area contributed by atoms with E-state index in [0.29, 0.717) is 0 Å². The second-order valence-corrected chi connectivity index (χ2v) is 3.27. The SMILES string of the molecule is NC[C@H](O)[C@H]1Cc2ccccc2O1. The number of rotatable bonds is 2. The van der Waals surface area contributed by atoms with Gasteiger partial charge in [-0.15, -0.1) is 0 Å². The van der Waals surface area contributed by atoms with Crippen molar-refractivity contribution in [3.63, 3.8) is 0 Å². The van der Waals surface area contributed by atoms with E-state index in [1.54, 1.807) is 0 Å². The second kappa shape index (κ2) is 3.36. The van der Waals surface area contributed by atoms with E-state index in [2.05, 4.69) is 0 Å². The van der Waals surface area contributed by atoms with Crippen molar-refractivity contribution in [2.24, 2.45) is 5.73 Å². The van der Waals surface area contributed by atoms with Gasteiger partial charge in [0, 0.05) is 13.0 Å². The van der Waals surface area contributed by atoms with Crippen LogP contribution in [0.15, 0.2) is 24.3 Å². The summed E-state index contributed by atoms with van der Waals surface area (Å²) in [5.41, 5.74) is 6.51. The van der Waals surface area contributed by atoms with E-state index in [1.165, 1.54) is 0 Å². The number of aliphatic hydroxyl groups excluding tert-OH is 1. The van der Waals surface area contributed by atoms with Crippen LogP contribution in [0.4, 0.5) is 0 Å². The Morgan fingerprint density at radius 3 is 3.00 bits per heavy atom. The average Bonchev–Trinajstić information content (AvgIpc) is 2.59. The Balaban J connectivity index is 2.14. The third-order valence-electron chi connectivity index (χ3n) is 2.34. The van der Waals surface area contributed by atoms with Gasteiger partial charge in [0.1, 0.15) is 18.0 Å². The molecule has 3 nitrogen and oxygen atoms in total. The van der Waals surface area contributed by atoms with E-state index in [0.717, 1.165) is 17.7 Å². The van der Waals surface area contributed by atoms with Gasteiger partial charge in [0.2, 0.25) is 0 Å². The third kappa shape index (κ3) is 1.53. The van der Waals surface area contributed by atoms with Gasteiger partial charge in [0.25, 0.3) is 0 Å². The maximum atomic E-state index is 9.48. The molecule has 1 aromatic carbocycles. The van der Waals surface area contributed by atoms with Crippen LogP contribution >= 0.6 is 0 Å². The lowest BCUT2D eigenvalue weighted by atomic mass is 10.1. The smallest absolute Gasteiger partial charge is 0.130 e. The molecule has 70 valence electrons. The van der Waals surface area contributed by atoms with Gasteiger partial charge in [-0.05, 0) is 11.6 Å². The minimum absolute atomic E-state index is 0.164. The molecular formula is C10H13NO2. The minimum Gasteiger partial charge on any atom is -0.487 e. The molecule has 0 saturated carbocycles. The van der Waals surface area contributed by atoms with E-state index in [9.17, 15) is 5.11 Å². The van der Waals surface area contributed by atoms with Crippen LogP contribution in [0.25, 0.3) is 0 Å². The van der Waals surface area contributed by atoms with Gasteiger partial charge in [-0.1, -0.05) is 18.2 Å². The Bertz CT molecular complexity index is 276. The zero-order valence-electron chi connectivity index (χ0n) is 7.31. The lowest BCUT2D eigenvalue weighted by molar-refractivity contribution is 0.0561. The van der Waals surface area contributed by atoms with Crippen LogP contribution < -0.4 is 10.5 Å². The topological polar surface area (TPSA) is 55.5 Å². The Hall–Kier alpha value is -1.06. The molecule has 13 heavy (non-hydrogen) atoms. The second-order valence-electron chi connectivity index (χ2n) is 3.27. The van der Waals surface area contributed by atoms with Crippen LogP contribution in [0, 0.1) is 0 Å². The molecule has 3 heteroatoms. The number of hydrogen-bond acceptors (Lipinski definition) is 3. The summed E-state index contributed by atoms with van der Waals surface area (Å²) in [5, 5.41) is 9.48. The van der Waals surface area contributed by atoms with Crippen molar-refractivity contribution < 1.29 is 9.84 Å². The summed E-state index contributed by atoms with van der Waals surface area (Å²) >= 11 is 0. The van der Waals surface area contributed by atoms with Gasteiger partial charge in [-0.2, -0.15) is 0 Å². The quantitative estimate of drug-likeness (QED) is 0.687. The number of ether oxygens (including phenoxy) is 1. The summed E-state index contributed by atoms with van der Waals surface area (Å²) < 4.78 is 5.53. The van der Waals surface area contributed by atoms with E-state index >= 15 is 0 Å². The summed E-state index contributed by atoms with van der Waals surface area (Å²) in [4.78, 5) is 0. The van der Waals surface area contributed by atoms with Gasteiger partial charge >= 0.3 is 0 Å². The van der Waals surface area contributed by atoms with Gasteiger partial charge in [0.05, 0.1) is 0 Å². The average molecular weight is 179 g/mol. The molecule has 0 saturated heterocycles. The molecule has 0 radical (unpaired) electrons. The highest BCUT2D eigenvalue weighted by molar-refractivity contribution is 5.37. The molecule has 0 unspecified atom stereocenters. The molecule has 0 fully saturated rings. The monoisotopic (exact) mass is 179 g/mol. The van der Waals surface area contributed by atoms with Crippen molar-refractivity contribution in [2.45, 2.75) is 18.6 Å². The van der Waals surface area contributed by atoms with Crippen LogP contribution in [0.3, 0.4) is 0 Å². The fourth-order valence-corrected chi connectivity index (χ4v) is 1.58. The largest absolute Gasteiger partial charge is 0.487 e. The van der Waals surface area contributed by atoms with Crippen LogP contribution in [0.5, 0.6) is 5.75 Å². The fourth-order valence-electron chi connectivity index (χ4n) is 1.58. The van der Waals surface area contributed by atoms with Gasteiger partial charge in [0.15, 0.2) is 0 Å². The van der Waals surface area contributed by atoms with E-state index < -0.39 is 6.10 Å². The highest BCUT2D eigenvalue weighted by Crippen LogP contribution is 2.29. The van der Waals surface area contributed by atoms with Crippen LogP contribution in [-0.2, 0) is 6.42 Å². The van der Waals surface area contributed by atoms with E-state index in [-0.39, 0.29) is 12.6 Å². The standard InChI is InChI=1S/C10H13NO2/c11-6-8(12)10-5-7-3-1-2-4-9(7)13-10/h1-4,8,10,12H,5-6,11H2/t8-,10+/m0/s1. The maximum Gasteiger partial charge on any atom is 0.130 e. The Morgan fingerprint density at radius 2 is 2.31 bits per heavy atom. The van der Waals surface area contributed by atoms with Gasteiger partial charge < -0.3 is 15.6 Å². The van der Waals surface area contributed by atoms with Gasteiger partial charge in [-0.3, -0.25) is 0 Å². The molecule has 1 aromatic rings. The summed E-state index contributed by atoms with van der Waals surface area (Å²) in [5.74, 6) is 0.875. The molecule has 0 bridgehead atoms. The first-order chi connectivity index (χ1) is 6.31. The molecular weight excluding hydrogens is 166 g/mol. The van der Waals surface area contributed by atoms with Crippen molar-refractivity contribution >= 4 is 0 Å². The summed E-state index contributed by atoms with van der Waals surface area (Å²) in [6.07, 6.45) is 0.0314. The summed E-state index contributed by atoms with van der Waals surface area (Å²) in [6, 6.07) is 7.83. The first kappa shape index (κ1) is 8.53. The first-order valence-corrected chi connectivity index (χ1v) is 4.44. The minimum atomic E-state index is -0.563. The zero-order chi connectivity index (χ0) is 9.26. The van der Waals surface area contributed by atoms with Crippen molar-refractivity contribution in [3.8, 4) is 5.75 Å². The molecule has 0 aliphatic carbocycles. The predicted octanol–water partition coefficient (Wildman–Crippen LogP) is 0.310. The summed E-state index contributed by atoms with van der Waals surface area (Å²) in [7, 11) is 0. The van der Waals surface area contributed by atoms with E-state index in [4.69, 9.17) is 10.5 Å².